The van der Waals surface area contributed by atoms with E-state index in [4.69, 9.17) is 4.74 Å². The topological polar surface area (TPSA) is 12.5 Å². The average Bonchev–Trinajstić information content (AvgIpc) is 2.95. The number of hydrogen-bond donors (Lipinski definition) is 0. The van der Waals surface area contributed by atoms with Gasteiger partial charge in [0.15, 0.2) is 0 Å². The van der Waals surface area contributed by atoms with Crippen molar-refractivity contribution in [2.24, 2.45) is 5.92 Å². The Balaban J connectivity index is 1.54. The van der Waals surface area contributed by atoms with Crippen LogP contribution in [0.25, 0.3) is 0 Å². The van der Waals surface area contributed by atoms with E-state index >= 15 is 0 Å². The third-order valence-corrected chi connectivity index (χ3v) is 4.71. The second kappa shape index (κ2) is 6.53. The maximum atomic E-state index is 5.45. The summed E-state index contributed by atoms with van der Waals surface area (Å²) in [5.41, 5.74) is 1.51. The first-order valence-electron chi connectivity index (χ1n) is 7.80. The minimum absolute atomic E-state index is 0.668. The highest BCUT2D eigenvalue weighted by Gasteiger charge is 2.26. The van der Waals surface area contributed by atoms with Crippen molar-refractivity contribution in [1.82, 2.24) is 4.90 Å². The van der Waals surface area contributed by atoms with Gasteiger partial charge in [-0.3, -0.25) is 4.90 Å². The lowest BCUT2D eigenvalue weighted by Crippen LogP contribution is -2.27. The van der Waals surface area contributed by atoms with E-state index in [9.17, 15) is 0 Å². The lowest BCUT2D eigenvalue weighted by molar-refractivity contribution is 0.0595. The quantitative estimate of drug-likeness (QED) is 0.818. The van der Waals surface area contributed by atoms with Gasteiger partial charge in [0, 0.05) is 19.3 Å². The summed E-state index contributed by atoms with van der Waals surface area (Å²) < 4.78 is 5.45. The molecule has 2 nitrogen and oxygen atoms in total. The predicted molar refractivity (Wildman–Crippen MR) is 78.2 cm³/mol. The van der Waals surface area contributed by atoms with Crippen LogP contribution in [0.3, 0.4) is 0 Å². The van der Waals surface area contributed by atoms with Crippen LogP contribution in [0.4, 0.5) is 0 Å². The van der Waals surface area contributed by atoms with Gasteiger partial charge >= 0.3 is 0 Å². The Morgan fingerprint density at radius 3 is 2.63 bits per heavy atom. The highest BCUT2D eigenvalue weighted by Crippen LogP contribution is 2.32. The van der Waals surface area contributed by atoms with Crippen LogP contribution in [-0.4, -0.2) is 31.2 Å². The third kappa shape index (κ3) is 3.37. The van der Waals surface area contributed by atoms with Gasteiger partial charge in [0.1, 0.15) is 0 Å². The molecular formula is C17H25NO. The third-order valence-electron chi connectivity index (χ3n) is 4.71. The van der Waals surface area contributed by atoms with Gasteiger partial charge in [0.2, 0.25) is 0 Å². The summed E-state index contributed by atoms with van der Waals surface area (Å²) in [6.45, 7) is 4.51. The van der Waals surface area contributed by atoms with E-state index < -0.39 is 0 Å². The second-order valence-corrected chi connectivity index (χ2v) is 5.95. The molecule has 2 heterocycles. The van der Waals surface area contributed by atoms with Crippen LogP contribution in [-0.2, 0) is 4.74 Å². The number of hydrogen-bond acceptors (Lipinski definition) is 2. The molecule has 104 valence electrons. The average molecular weight is 259 g/mol. The molecule has 2 heteroatoms. The van der Waals surface area contributed by atoms with Crippen molar-refractivity contribution >= 4 is 0 Å². The van der Waals surface area contributed by atoms with Crippen LogP contribution in [0, 0.1) is 5.92 Å². The molecule has 0 aliphatic carbocycles. The Bertz CT molecular complexity index is 372. The first kappa shape index (κ1) is 13.1. The van der Waals surface area contributed by atoms with Crippen molar-refractivity contribution in [3.05, 3.63) is 35.9 Å². The molecule has 2 aliphatic rings. The lowest BCUT2D eigenvalue weighted by Gasteiger charge is -2.28. The van der Waals surface area contributed by atoms with Crippen LogP contribution in [0.15, 0.2) is 30.3 Å². The fourth-order valence-corrected chi connectivity index (χ4v) is 3.53. The van der Waals surface area contributed by atoms with Crippen molar-refractivity contribution in [3.8, 4) is 0 Å². The number of benzene rings is 1. The Morgan fingerprint density at radius 2 is 1.84 bits per heavy atom. The molecular weight excluding hydrogens is 234 g/mol. The number of rotatable bonds is 4. The van der Waals surface area contributed by atoms with Gasteiger partial charge in [0.05, 0.1) is 0 Å². The molecule has 0 N–H and O–H groups in total. The SMILES string of the molecule is c1ccc([C@@H]2CCCN2CCC2CCOCC2)cc1. The Morgan fingerprint density at radius 1 is 1.05 bits per heavy atom. The number of likely N-dealkylation sites (tertiary alicyclic amines) is 1. The summed E-state index contributed by atoms with van der Waals surface area (Å²) in [5, 5.41) is 0. The molecule has 0 spiro atoms. The van der Waals surface area contributed by atoms with E-state index in [0.29, 0.717) is 6.04 Å². The molecule has 0 radical (unpaired) electrons. The van der Waals surface area contributed by atoms with Gasteiger partial charge in [0.25, 0.3) is 0 Å². The first-order valence-corrected chi connectivity index (χ1v) is 7.80. The molecule has 0 amide bonds. The Kier molecular flexibility index (Phi) is 4.52. The van der Waals surface area contributed by atoms with Crippen LogP contribution >= 0.6 is 0 Å². The Hall–Kier alpha value is -0.860. The second-order valence-electron chi connectivity index (χ2n) is 5.95. The van der Waals surface area contributed by atoms with E-state index in [2.05, 4.69) is 35.2 Å². The van der Waals surface area contributed by atoms with E-state index in [1.54, 1.807) is 0 Å². The zero-order chi connectivity index (χ0) is 12.9. The van der Waals surface area contributed by atoms with Crippen molar-refractivity contribution in [2.75, 3.05) is 26.3 Å². The van der Waals surface area contributed by atoms with Gasteiger partial charge in [-0.2, -0.15) is 0 Å². The number of nitrogens with zero attached hydrogens (tertiary/aromatic N) is 1. The molecule has 2 saturated heterocycles. The van der Waals surface area contributed by atoms with Gasteiger partial charge in [-0.05, 0) is 56.7 Å². The van der Waals surface area contributed by atoms with Crippen LogP contribution in [0.5, 0.6) is 0 Å². The smallest absolute Gasteiger partial charge is 0.0468 e. The highest BCUT2D eigenvalue weighted by atomic mass is 16.5. The van der Waals surface area contributed by atoms with E-state index in [1.165, 1.54) is 50.8 Å². The zero-order valence-corrected chi connectivity index (χ0v) is 11.8. The first-order chi connectivity index (χ1) is 9.43. The Labute approximate surface area is 116 Å². The minimum atomic E-state index is 0.668. The van der Waals surface area contributed by atoms with Crippen molar-refractivity contribution in [3.63, 3.8) is 0 Å². The maximum Gasteiger partial charge on any atom is 0.0468 e. The van der Waals surface area contributed by atoms with Crippen molar-refractivity contribution in [2.45, 2.75) is 38.1 Å². The zero-order valence-electron chi connectivity index (χ0n) is 11.8. The normalized spacial score (nSPS) is 25.8. The molecule has 19 heavy (non-hydrogen) atoms. The van der Waals surface area contributed by atoms with Crippen molar-refractivity contribution in [1.29, 1.82) is 0 Å². The molecule has 2 aliphatic heterocycles. The van der Waals surface area contributed by atoms with E-state index in [1.807, 2.05) is 0 Å². The number of ether oxygens (including phenoxy) is 1. The summed E-state index contributed by atoms with van der Waals surface area (Å²) in [7, 11) is 0. The fourth-order valence-electron chi connectivity index (χ4n) is 3.53. The molecule has 0 unspecified atom stereocenters. The maximum absolute atomic E-state index is 5.45. The molecule has 0 bridgehead atoms. The largest absolute Gasteiger partial charge is 0.381 e. The summed E-state index contributed by atoms with van der Waals surface area (Å²) >= 11 is 0. The molecule has 2 fully saturated rings. The lowest BCUT2D eigenvalue weighted by atomic mass is 9.96. The fraction of sp³-hybridized carbons (Fsp3) is 0.647. The molecule has 0 saturated carbocycles. The van der Waals surface area contributed by atoms with Gasteiger partial charge < -0.3 is 4.74 Å². The molecule has 1 atom stereocenters. The monoisotopic (exact) mass is 259 g/mol. The molecule has 0 aromatic heterocycles. The van der Waals surface area contributed by atoms with Crippen LogP contribution < -0.4 is 0 Å². The molecule has 3 rings (SSSR count). The molecule has 1 aromatic rings. The van der Waals surface area contributed by atoms with Crippen LogP contribution in [0.2, 0.25) is 0 Å². The van der Waals surface area contributed by atoms with Gasteiger partial charge in [-0.25, -0.2) is 0 Å². The summed E-state index contributed by atoms with van der Waals surface area (Å²) in [6, 6.07) is 11.7. The van der Waals surface area contributed by atoms with E-state index in [-0.39, 0.29) is 0 Å². The van der Waals surface area contributed by atoms with E-state index in [0.717, 1.165) is 19.1 Å². The standard InChI is InChI=1S/C17H25NO/c1-2-5-16(6-3-1)17-7-4-11-18(17)12-8-15-9-13-19-14-10-15/h1-3,5-6,15,17H,4,7-14H2/t17-/m0/s1. The van der Waals surface area contributed by atoms with Gasteiger partial charge in [-0.15, -0.1) is 0 Å². The van der Waals surface area contributed by atoms with Crippen molar-refractivity contribution < 1.29 is 4.74 Å². The summed E-state index contributed by atoms with van der Waals surface area (Å²) in [5.74, 6) is 0.894. The summed E-state index contributed by atoms with van der Waals surface area (Å²) in [6.07, 6.45) is 6.57. The van der Waals surface area contributed by atoms with Gasteiger partial charge in [-0.1, -0.05) is 30.3 Å². The minimum Gasteiger partial charge on any atom is -0.381 e. The summed E-state index contributed by atoms with van der Waals surface area (Å²) in [4.78, 5) is 2.70. The molecule has 1 aromatic carbocycles. The highest BCUT2D eigenvalue weighted by molar-refractivity contribution is 5.19. The predicted octanol–water partition coefficient (Wildman–Crippen LogP) is 3.64. The van der Waals surface area contributed by atoms with Crippen LogP contribution in [0.1, 0.15) is 43.7 Å².